The zero-order valence-corrected chi connectivity index (χ0v) is 7.68. The van der Waals surface area contributed by atoms with Gasteiger partial charge in [-0.15, -0.1) is 0 Å². The third-order valence-corrected chi connectivity index (χ3v) is 3.35. The predicted molar refractivity (Wildman–Crippen MR) is 48.0 cm³/mol. The SMILES string of the molecule is CC(=O)[C@@H]1CCC[C@@H]2CC[C@H]1N2. The number of hydrogen-bond acceptors (Lipinski definition) is 2. The highest BCUT2D eigenvalue weighted by Gasteiger charge is 2.34. The molecule has 2 aliphatic heterocycles. The molecule has 3 atom stereocenters. The molecule has 0 aliphatic carbocycles. The van der Waals surface area contributed by atoms with Crippen molar-refractivity contribution in [3.8, 4) is 0 Å². The van der Waals surface area contributed by atoms with Crippen LogP contribution in [0.3, 0.4) is 0 Å². The molecule has 2 rings (SSSR count). The summed E-state index contributed by atoms with van der Waals surface area (Å²) in [5.41, 5.74) is 0. The van der Waals surface area contributed by atoms with Crippen LogP contribution in [0.1, 0.15) is 39.0 Å². The van der Waals surface area contributed by atoms with Gasteiger partial charge in [-0.3, -0.25) is 4.79 Å². The van der Waals surface area contributed by atoms with E-state index in [4.69, 9.17) is 0 Å². The Bertz CT molecular complexity index is 190. The van der Waals surface area contributed by atoms with Gasteiger partial charge in [0, 0.05) is 18.0 Å². The Morgan fingerprint density at radius 3 is 2.83 bits per heavy atom. The van der Waals surface area contributed by atoms with Crippen molar-refractivity contribution in [3.05, 3.63) is 0 Å². The number of carbonyl (C=O) groups excluding carboxylic acids is 1. The van der Waals surface area contributed by atoms with Gasteiger partial charge in [0.1, 0.15) is 5.78 Å². The normalized spacial score (nSPS) is 40.9. The molecular weight excluding hydrogens is 150 g/mol. The van der Waals surface area contributed by atoms with Gasteiger partial charge in [-0.05, 0) is 32.6 Å². The summed E-state index contributed by atoms with van der Waals surface area (Å²) in [5, 5.41) is 3.56. The van der Waals surface area contributed by atoms with Crippen LogP contribution in [0.2, 0.25) is 0 Å². The van der Waals surface area contributed by atoms with Crippen molar-refractivity contribution >= 4 is 5.78 Å². The molecule has 0 unspecified atom stereocenters. The van der Waals surface area contributed by atoms with Crippen molar-refractivity contribution in [2.75, 3.05) is 0 Å². The zero-order chi connectivity index (χ0) is 8.55. The van der Waals surface area contributed by atoms with E-state index in [1.807, 2.05) is 0 Å². The zero-order valence-electron chi connectivity index (χ0n) is 7.68. The van der Waals surface area contributed by atoms with Crippen molar-refractivity contribution in [1.82, 2.24) is 5.32 Å². The summed E-state index contributed by atoms with van der Waals surface area (Å²) < 4.78 is 0. The maximum Gasteiger partial charge on any atom is 0.134 e. The molecule has 0 aromatic heterocycles. The lowest BCUT2D eigenvalue weighted by Crippen LogP contribution is -2.35. The van der Waals surface area contributed by atoms with E-state index in [1.54, 1.807) is 6.92 Å². The fourth-order valence-corrected chi connectivity index (χ4v) is 2.67. The monoisotopic (exact) mass is 167 g/mol. The number of rotatable bonds is 1. The van der Waals surface area contributed by atoms with Crippen LogP contribution in [0.15, 0.2) is 0 Å². The Labute approximate surface area is 73.7 Å². The highest BCUT2D eigenvalue weighted by Crippen LogP contribution is 2.30. The van der Waals surface area contributed by atoms with Crippen LogP contribution in [-0.2, 0) is 4.79 Å². The van der Waals surface area contributed by atoms with E-state index in [9.17, 15) is 4.79 Å². The number of carbonyl (C=O) groups is 1. The Kier molecular flexibility index (Phi) is 2.18. The van der Waals surface area contributed by atoms with Crippen molar-refractivity contribution in [1.29, 1.82) is 0 Å². The minimum absolute atomic E-state index is 0.317. The Hall–Kier alpha value is -0.370. The highest BCUT2D eigenvalue weighted by molar-refractivity contribution is 5.79. The number of Topliss-reactive ketones (excluding diaryl/α,β-unsaturated/α-hetero) is 1. The molecule has 0 aromatic carbocycles. The van der Waals surface area contributed by atoms with E-state index in [0.717, 1.165) is 12.5 Å². The average molecular weight is 167 g/mol. The van der Waals surface area contributed by atoms with Crippen molar-refractivity contribution < 1.29 is 4.79 Å². The summed E-state index contributed by atoms with van der Waals surface area (Å²) >= 11 is 0. The Morgan fingerprint density at radius 2 is 2.08 bits per heavy atom. The fourth-order valence-electron chi connectivity index (χ4n) is 2.67. The van der Waals surface area contributed by atoms with Gasteiger partial charge in [-0.25, -0.2) is 0 Å². The molecule has 0 amide bonds. The molecule has 1 N–H and O–H groups in total. The summed E-state index contributed by atoms with van der Waals surface area (Å²) in [4.78, 5) is 11.3. The third kappa shape index (κ3) is 1.40. The summed E-state index contributed by atoms with van der Waals surface area (Å²) in [5.74, 6) is 0.701. The Morgan fingerprint density at radius 1 is 1.25 bits per heavy atom. The lowest BCUT2D eigenvalue weighted by atomic mass is 9.88. The van der Waals surface area contributed by atoms with E-state index < -0.39 is 0 Å². The number of ketones is 1. The molecule has 12 heavy (non-hydrogen) atoms. The molecule has 0 radical (unpaired) electrons. The van der Waals surface area contributed by atoms with Crippen molar-refractivity contribution in [3.63, 3.8) is 0 Å². The maximum absolute atomic E-state index is 11.3. The molecule has 0 spiro atoms. The first-order valence-electron chi connectivity index (χ1n) is 5.04. The average Bonchev–Trinajstić information content (AvgIpc) is 2.30. The van der Waals surface area contributed by atoms with E-state index in [0.29, 0.717) is 17.7 Å². The van der Waals surface area contributed by atoms with Gasteiger partial charge in [-0.2, -0.15) is 0 Å². The second-order valence-electron chi connectivity index (χ2n) is 4.20. The molecule has 2 saturated heterocycles. The van der Waals surface area contributed by atoms with E-state index >= 15 is 0 Å². The molecule has 68 valence electrons. The van der Waals surface area contributed by atoms with Crippen LogP contribution in [0.5, 0.6) is 0 Å². The number of fused-ring (bicyclic) bond motifs is 2. The number of nitrogens with one attached hydrogen (secondary N) is 1. The van der Waals surface area contributed by atoms with Gasteiger partial charge < -0.3 is 5.32 Å². The lowest BCUT2D eigenvalue weighted by Gasteiger charge is -2.18. The van der Waals surface area contributed by atoms with Crippen LogP contribution in [-0.4, -0.2) is 17.9 Å². The summed E-state index contributed by atoms with van der Waals surface area (Å²) in [6, 6.07) is 1.23. The second-order valence-corrected chi connectivity index (χ2v) is 4.20. The first-order valence-corrected chi connectivity index (χ1v) is 5.04. The fraction of sp³-hybridized carbons (Fsp3) is 0.900. The molecule has 0 aromatic rings. The molecule has 2 bridgehead atoms. The van der Waals surface area contributed by atoms with Crippen molar-refractivity contribution in [2.24, 2.45) is 5.92 Å². The minimum Gasteiger partial charge on any atom is -0.311 e. The molecule has 2 heteroatoms. The molecule has 2 aliphatic rings. The topological polar surface area (TPSA) is 29.1 Å². The molecule has 2 heterocycles. The van der Waals surface area contributed by atoms with Gasteiger partial charge in [-0.1, -0.05) is 6.42 Å². The Balaban J connectivity index is 2.08. The van der Waals surface area contributed by atoms with Gasteiger partial charge >= 0.3 is 0 Å². The summed E-state index contributed by atoms with van der Waals surface area (Å²) in [6.45, 7) is 1.74. The predicted octanol–water partition coefficient (Wildman–Crippen LogP) is 1.50. The lowest BCUT2D eigenvalue weighted by molar-refractivity contribution is -0.121. The molecule has 2 nitrogen and oxygen atoms in total. The van der Waals surface area contributed by atoms with Gasteiger partial charge in [0.2, 0.25) is 0 Å². The van der Waals surface area contributed by atoms with Crippen LogP contribution in [0.25, 0.3) is 0 Å². The first kappa shape index (κ1) is 8.24. The standard InChI is InChI=1S/C10H17NO/c1-7(12)9-4-2-3-8-5-6-10(9)11-8/h8-11H,2-6H2,1H3/t8-,9+,10-/m1/s1. The van der Waals surface area contributed by atoms with Gasteiger partial charge in [0.15, 0.2) is 0 Å². The van der Waals surface area contributed by atoms with E-state index in [-0.39, 0.29) is 0 Å². The minimum atomic E-state index is 0.317. The highest BCUT2D eigenvalue weighted by atomic mass is 16.1. The quantitative estimate of drug-likeness (QED) is 0.641. The summed E-state index contributed by atoms with van der Waals surface area (Å²) in [7, 11) is 0. The first-order chi connectivity index (χ1) is 5.77. The van der Waals surface area contributed by atoms with Crippen molar-refractivity contribution in [2.45, 2.75) is 51.1 Å². The van der Waals surface area contributed by atoms with Gasteiger partial charge in [0.05, 0.1) is 0 Å². The van der Waals surface area contributed by atoms with E-state index in [2.05, 4.69) is 5.32 Å². The molecule has 0 saturated carbocycles. The maximum atomic E-state index is 11.3. The molecule has 2 fully saturated rings. The second kappa shape index (κ2) is 3.17. The third-order valence-electron chi connectivity index (χ3n) is 3.35. The summed E-state index contributed by atoms with van der Waals surface area (Å²) in [6.07, 6.45) is 6.13. The van der Waals surface area contributed by atoms with E-state index in [1.165, 1.54) is 25.7 Å². The van der Waals surface area contributed by atoms with Gasteiger partial charge in [0.25, 0.3) is 0 Å². The largest absolute Gasteiger partial charge is 0.311 e. The smallest absolute Gasteiger partial charge is 0.134 e. The van der Waals surface area contributed by atoms with Crippen LogP contribution < -0.4 is 5.32 Å². The van der Waals surface area contributed by atoms with Crippen LogP contribution >= 0.6 is 0 Å². The van der Waals surface area contributed by atoms with Crippen LogP contribution in [0.4, 0.5) is 0 Å². The number of hydrogen-bond donors (Lipinski definition) is 1. The van der Waals surface area contributed by atoms with Crippen LogP contribution in [0, 0.1) is 5.92 Å². The molecular formula is C10H17NO.